The van der Waals surface area contributed by atoms with Gasteiger partial charge in [0.15, 0.2) is 0 Å². The van der Waals surface area contributed by atoms with Crippen LogP contribution < -0.4 is 0 Å². The zero-order valence-electron chi connectivity index (χ0n) is 10.6. The van der Waals surface area contributed by atoms with Gasteiger partial charge in [0.1, 0.15) is 5.04 Å². The Bertz CT molecular complexity index is 624. The SMILES string of the molecule is CC1(CI)SC(=Nc2ccccc2)c2ccccc21. The number of halogens is 1. The first-order valence-corrected chi connectivity index (χ1v) is 8.56. The third-order valence-electron chi connectivity index (χ3n) is 3.29. The Kier molecular flexibility index (Phi) is 3.67. The molecule has 0 fully saturated rings. The number of hydrogen-bond acceptors (Lipinski definition) is 2. The molecule has 1 heterocycles. The minimum atomic E-state index is 0.144. The van der Waals surface area contributed by atoms with E-state index < -0.39 is 0 Å². The van der Waals surface area contributed by atoms with Gasteiger partial charge in [0.25, 0.3) is 0 Å². The average molecular weight is 379 g/mol. The second kappa shape index (κ2) is 5.29. The Morgan fingerprint density at radius 2 is 1.74 bits per heavy atom. The molecule has 1 aliphatic rings. The van der Waals surface area contributed by atoms with Gasteiger partial charge >= 0.3 is 0 Å². The fraction of sp³-hybridized carbons (Fsp3) is 0.188. The van der Waals surface area contributed by atoms with E-state index in [0.29, 0.717) is 0 Å². The molecule has 0 saturated heterocycles. The molecule has 0 amide bonds. The van der Waals surface area contributed by atoms with Crippen LogP contribution in [0.5, 0.6) is 0 Å². The van der Waals surface area contributed by atoms with Crippen LogP contribution in [0.4, 0.5) is 5.69 Å². The summed E-state index contributed by atoms with van der Waals surface area (Å²) in [4.78, 5) is 4.82. The van der Waals surface area contributed by atoms with Gasteiger partial charge in [-0.1, -0.05) is 76.8 Å². The number of benzene rings is 2. The molecule has 0 aromatic heterocycles. The van der Waals surface area contributed by atoms with Crippen LogP contribution in [0.1, 0.15) is 18.1 Å². The molecule has 3 rings (SSSR count). The van der Waals surface area contributed by atoms with E-state index in [4.69, 9.17) is 4.99 Å². The Labute approximate surface area is 131 Å². The van der Waals surface area contributed by atoms with E-state index in [0.717, 1.165) is 15.2 Å². The first-order valence-electron chi connectivity index (χ1n) is 6.21. The van der Waals surface area contributed by atoms with Crippen molar-refractivity contribution >= 4 is 45.1 Å². The summed E-state index contributed by atoms with van der Waals surface area (Å²) in [7, 11) is 0. The minimum absolute atomic E-state index is 0.144. The molecule has 0 bridgehead atoms. The van der Waals surface area contributed by atoms with Crippen molar-refractivity contribution in [2.24, 2.45) is 4.99 Å². The Morgan fingerprint density at radius 3 is 2.47 bits per heavy atom. The third-order valence-corrected chi connectivity index (χ3v) is 6.65. The minimum Gasteiger partial charge on any atom is -0.241 e. The summed E-state index contributed by atoms with van der Waals surface area (Å²) in [6.45, 7) is 2.30. The van der Waals surface area contributed by atoms with E-state index >= 15 is 0 Å². The monoisotopic (exact) mass is 379 g/mol. The number of thioether (sulfide) groups is 1. The number of alkyl halides is 1. The van der Waals surface area contributed by atoms with Crippen LogP contribution in [-0.4, -0.2) is 9.47 Å². The Morgan fingerprint density at radius 1 is 1.05 bits per heavy atom. The highest BCUT2D eigenvalue weighted by Crippen LogP contribution is 2.48. The molecule has 0 spiro atoms. The van der Waals surface area contributed by atoms with Gasteiger partial charge in [0.2, 0.25) is 0 Å². The molecule has 0 N–H and O–H groups in total. The molecule has 1 nitrogen and oxygen atoms in total. The molecular formula is C16H14INS. The van der Waals surface area contributed by atoms with Gasteiger partial charge in [-0.3, -0.25) is 0 Å². The lowest BCUT2D eigenvalue weighted by Gasteiger charge is -2.20. The van der Waals surface area contributed by atoms with Crippen LogP contribution in [0.3, 0.4) is 0 Å². The number of aliphatic imine (C=N–C) groups is 1. The van der Waals surface area contributed by atoms with E-state index in [9.17, 15) is 0 Å². The van der Waals surface area contributed by atoms with Gasteiger partial charge in [0.05, 0.1) is 10.4 Å². The van der Waals surface area contributed by atoms with Gasteiger partial charge in [-0.25, -0.2) is 4.99 Å². The topological polar surface area (TPSA) is 12.4 Å². The largest absolute Gasteiger partial charge is 0.241 e. The number of nitrogens with zero attached hydrogens (tertiary/aromatic N) is 1. The molecule has 96 valence electrons. The Hall–Kier alpha value is -0.810. The molecule has 1 aliphatic heterocycles. The standard InChI is InChI=1S/C16H14INS/c1-16(11-17)14-10-6-5-9-13(14)15(19-16)18-12-7-3-2-4-8-12/h2-10H,11H2,1H3. The average Bonchev–Trinajstić information content (AvgIpc) is 2.74. The highest BCUT2D eigenvalue weighted by molar-refractivity contribution is 14.1. The first kappa shape index (κ1) is 13.2. The fourth-order valence-electron chi connectivity index (χ4n) is 2.26. The molecule has 0 saturated carbocycles. The fourth-order valence-corrected chi connectivity index (χ4v) is 4.34. The number of rotatable bonds is 2. The van der Waals surface area contributed by atoms with Gasteiger partial charge in [-0.15, -0.1) is 0 Å². The van der Waals surface area contributed by atoms with E-state index in [2.05, 4.69) is 65.9 Å². The number of para-hydroxylation sites is 1. The lowest BCUT2D eigenvalue weighted by Crippen LogP contribution is -2.15. The lowest BCUT2D eigenvalue weighted by atomic mass is 9.97. The second-order valence-corrected chi connectivity index (χ2v) is 7.02. The maximum atomic E-state index is 4.82. The lowest BCUT2D eigenvalue weighted by molar-refractivity contribution is 0.821. The smallest absolute Gasteiger partial charge is 0.105 e. The van der Waals surface area contributed by atoms with Crippen LogP contribution in [0.25, 0.3) is 0 Å². The molecule has 0 radical (unpaired) electrons. The van der Waals surface area contributed by atoms with E-state index in [-0.39, 0.29) is 4.75 Å². The van der Waals surface area contributed by atoms with Crippen LogP contribution in [0.2, 0.25) is 0 Å². The zero-order chi connectivity index (χ0) is 13.3. The summed E-state index contributed by atoms with van der Waals surface area (Å²) in [5, 5.41) is 1.14. The zero-order valence-corrected chi connectivity index (χ0v) is 13.6. The van der Waals surface area contributed by atoms with E-state index in [1.54, 1.807) is 0 Å². The van der Waals surface area contributed by atoms with Crippen LogP contribution in [0, 0.1) is 0 Å². The predicted octanol–water partition coefficient (Wildman–Crippen LogP) is 5.16. The van der Waals surface area contributed by atoms with Crippen LogP contribution >= 0.6 is 34.4 Å². The van der Waals surface area contributed by atoms with Crippen molar-refractivity contribution in [2.45, 2.75) is 11.7 Å². The van der Waals surface area contributed by atoms with Crippen molar-refractivity contribution in [2.75, 3.05) is 4.43 Å². The van der Waals surface area contributed by atoms with Gasteiger partial charge in [-0.05, 0) is 24.6 Å². The van der Waals surface area contributed by atoms with Gasteiger partial charge in [0, 0.05) is 9.99 Å². The highest BCUT2D eigenvalue weighted by atomic mass is 127. The molecular weight excluding hydrogens is 365 g/mol. The van der Waals surface area contributed by atoms with Crippen LogP contribution in [0.15, 0.2) is 59.6 Å². The van der Waals surface area contributed by atoms with Crippen molar-refractivity contribution in [1.82, 2.24) is 0 Å². The van der Waals surface area contributed by atoms with E-state index in [1.807, 2.05) is 30.0 Å². The molecule has 2 aromatic rings. The maximum absolute atomic E-state index is 4.82. The van der Waals surface area contributed by atoms with Gasteiger partial charge < -0.3 is 0 Å². The molecule has 2 aromatic carbocycles. The molecule has 1 atom stereocenters. The summed E-state index contributed by atoms with van der Waals surface area (Å²) < 4.78 is 1.23. The summed E-state index contributed by atoms with van der Waals surface area (Å²) in [5.74, 6) is 0. The van der Waals surface area contributed by atoms with E-state index in [1.165, 1.54) is 11.1 Å². The number of hydrogen-bond donors (Lipinski definition) is 0. The normalized spacial score (nSPS) is 23.6. The van der Waals surface area contributed by atoms with Crippen molar-refractivity contribution < 1.29 is 0 Å². The van der Waals surface area contributed by atoms with Crippen LogP contribution in [-0.2, 0) is 4.75 Å². The molecule has 19 heavy (non-hydrogen) atoms. The quantitative estimate of drug-likeness (QED) is 0.519. The summed E-state index contributed by atoms with van der Waals surface area (Å²) >= 11 is 4.35. The van der Waals surface area contributed by atoms with Crippen molar-refractivity contribution in [3.8, 4) is 0 Å². The highest BCUT2D eigenvalue weighted by Gasteiger charge is 2.38. The first-order chi connectivity index (χ1) is 9.23. The molecule has 0 aliphatic carbocycles. The van der Waals surface area contributed by atoms with Crippen molar-refractivity contribution in [1.29, 1.82) is 0 Å². The second-order valence-electron chi connectivity index (χ2n) is 4.76. The summed E-state index contributed by atoms with van der Waals surface area (Å²) in [6.07, 6.45) is 0. The van der Waals surface area contributed by atoms with Crippen molar-refractivity contribution in [3.63, 3.8) is 0 Å². The Balaban J connectivity index is 2.09. The van der Waals surface area contributed by atoms with Crippen molar-refractivity contribution in [3.05, 3.63) is 65.7 Å². The number of fused-ring (bicyclic) bond motifs is 1. The predicted molar refractivity (Wildman–Crippen MR) is 92.9 cm³/mol. The maximum Gasteiger partial charge on any atom is 0.105 e. The molecule has 3 heteroatoms. The molecule has 1 unspecified atom stereocenters. The third kappa shape index (κ3) is 2.46. The summed E-state index contributed by atoms with van der Waals surface area (Å²) in [5.41, 5.74) is 3.72. The summed E-state index contributed by atoms with van der Waals surface area (Å²) in [6, 6.07) is 18.8. The van der Waals surface area contributed by atoms with Gasteiger partial charge in [-0.2, -0.15) is 0 Å².